The van der Waals surface area contributed by atoms with E-state index in [2.05, 4.69) is 52.8 Å². The smallest absolute Gasteiger partial charge is 0.175 e. The Hall–Kier alpha value is -1.75. The summed E-state index contributed by atoms with van der Waals surface area (Å²) in [5.41, 5.74) is 3.39. The monoisotopic (exact) mass is 257 g/mol. The molecule has 1 N–H and O–H groups in total. The Kier molecular flexibility index (Phi) is 3.29. The molecule has 2 heterocycles. The van der Waals surface area contributed by atoms with E-state index in [1.165, 1.54) is 12.0 Å². The van der Waals surface area contributed by atoms with Gasteiger partial charge in [0.15, 0.2) is 5.82 Å². The number of aryl methyl sites for hydroxylation is 2. The molecule has 1 fully saturated rings. The van der Waals surface area contributed by atoms with Gasteiger partial charge in [-0.2, -0.15) is 0 Å². The van der Waals surface area contributed by atoms with Crippen LogP contribution in [0.5, 0.6) is 0 Å². The molecular weight excluding hydrogens is 238 g/mol. The third kappa shape index (κ3) is 2.66. The van der Waals surface area contributed by atoms with Crippen LogP contribution in [0.15, 0.2) is 18.2 Å². The van der Waals surface area contributed by atoms with Crippen molar-refractivity contribution in [2.24, 2.45) is 5.92 Å². The summed E-state index contributed by atoms with van der Waals surface area (Å²) in [6.45, 7) is 6.32. The Morgan fingerprint density at radius 3 is 3.05 bits per heavy atom. The van der Waals surface area contributed by atoms with Gasteiger partial charge in [0.1, 0.15) is 0 Å². The first kappa shape index (κ1) is 12.3. The minimum Gasteiger partial charge on any atom is -0.316 e. The number of rotatable bonds is 3. The van der Waals surface area contributed by atoms with E-state index in [1.807, 2.05) is 0 Å². The van der Waals surface area contributed by atoms with Crippen LogP contribution in [0.1, 0.15) is 23.4 Å². The number of tetrazole rings is 1. The van der Waals surface area contributed by atoms with E-state index < -0.39 is 0 Å². The van der Waals surface area contributed by atoms with Crippen LogP contribution in [-0.2, 0) is 6.42 Å². The van der Waals surface area contributed by atoms with E-state index in [4.69, 9.17) is 0 Å². The minimum absolute atomic E-state index is 0.649. The highest BCUT2D eigenvalue weighted by Crippen LogP contribution is 2.15. The zero-order valence-electron chi connectivity index (χ0n) is 11.4. The molecule has 0 amide bonds. The molecule has 1 aliphatic rings. The lowest BCUT2D eigenvalue weighted by Gasteiger charge is -2.05. The number of benzene rings is 1. The quantitative estimate of drug-likeness (QED) is 0.903. The molecule has 5 nitrogen and oxygen atoms in total. The highest BCUT2D eigenvalue weighted by molar-refractivity contribution is 5.41. The van der Waals surface area contributed by atoms with Crippen LogP contribution in [-0.4, -0.2) is 33.3 Å². The fourth-order valence-electron chi connectivity index (χ4n) is 2.51. The zero-order valence-corrected chi connectivity index (χ0v) is 11.4. The first-order valence-corrected chi connectivity index (χ1v) is 6.79. The van der Waals surface area contributed by atoms with Crippen molar-refractivity contribution in [2.75, 3.05) is 13.1 Å². The van der Waals surface area contributed by atoms with E-state index in [0.29, 0.717) is 5.92 Å². The van der Waals surface area contributed by atoms with Crippen LogP contribution < -0.4 is 5.32 Å². The molecule has 100 valence electrons. The van der Waals surface area contributed by atoms with Crippen molar-refractivity contribution < 1.29 is 0 Å². The number of aromatic nitrogens is 4. The van der Waals surface area contributed by atoms with Crippen molar-refractivity contribution in [3.8, 4) is 5.69 Å². The molecule has 2 aromatic rings. The number of hydrogen-bond donors (Lipinski definition) is 1. The molecule has 1 aromatic carbocycles. The molecule has 0 aliphatic carbocycles. The second kappa shape index (κ2) is 5.09. The number of nitrogens with one attached hydrogen (secondary N) is 1. The Balaban J connectivity index is 1.82. The lowest BCUT2D eigenvalue weighted by Crippen LogP contribution is -2.11. The Bertz CT molecular complexity index is 569. The van der Waals surface area contributed by atoms with E-state index in [1.54, 1.807) is 4.80 Å². The first-order valence-electron chi connectivity index (χ1n) is 6.79. The molecule has 19 heavy (non-hydrogen) atoms. The zero-order chi connectivity index (χ0) is 13.2. The molecule has 5 heteroatoms. The van der Waals surface area contributed by atoms with Crippen LogP contribution >= 0.6 is 0 Å². The summed E-state index contributed by atoms with van der Waals surface area (Å²) in [4.78, 5) is 1.65. The van der Waals surface area contributed by atoms with Crippen molar-refractivity contribution in [1.29, 1.82) is 0 Å². The van der Waals surface area contributed by atoms with Gasteiger partial charge in [-0.25, -0.2) is 0 Å². The lowest BCUT2D eigenvalue weighted by molar-refractivity contribution is 0.560. The van der Waals surface area contributed by atoms with Gasteiger partial charge >= 0.3 is 0 Å². The van der Waals surface area contributed by atoms with Gasteiger partial charge in [-0.05, 0) is 61.7 Å². The second-order valence-corrected chi connectivity index (χ2v) is 5.35. The summed E-state index contributed by atoms with van der Waals surface area (Å²) in [7, 11) is 0. The van der Waals surface area contributed by atoms with Crippen LogP contribution in [0.25, 0.3) is 5.69 Å². The molecule has 1 atom stereocenters. The molecular formula is C14H19N5. The first-order chi connectivity index (χ1) is 9.22. The van der Waals surface area contributed by atoms with Gasteiger partial charge in [-0.3, -0.25) is 0 Å². The largest absolute Gasteiger partial charge is 0.316 e. The van der Waals surface area contributed by atoms with Crippen LogP contribution in [0.2, 0.25) is 0 Å². The lowest BCUT2D eigenvalue weighted by atomic mass is 10.1. The van der Waals surface area contributed by atoms with Crippen molar-refractivity contribution in [3.63, 3.8) is 0 Å². The van der Waals surface area contributed by atoms with Gasteiger partial charge in [0.2, 0.25) is 0 Å². The van der Waals surface area contributed by atoms with Crippen LogP contribution in [0.4, 0.5) is 0 Å². The van der Waals surface area contributed by atoms with E-state index >= 15 is 0 Å². The summed E-state index contributed by atoms with van der Waals surface area (Å²) >= 11 is 0. The molecule has 0 bridgehead atoms. The molecule has 0 saturated carbocycles. The molecule has 0 radical (unpaired) electrons. The summed E-state index contributed by atoms with van der Waals surface area (Å²) in [6, 6.07) is 6.29. The maximum Gasteiger partial charge on any atom is 0.175 e. The predicted octanol–water partition coefficient (Wildman–Crippen LogP) is 1.43. The van der Waals surface area contributed by atoms with Crippen molar-refractivity contribution in [1.82, 2.24) is 25.5 Å². The molecule has 1 saturated heterocycles. The van der Waals surface area contributed by atoms with Crippen molar-refractivity contribution in [2.45, 2.75) is 26.7 Å². The summed E-state index contributed by atoms with van der Waals surface area (Å²) in [5, 5.41) is 16.2. The van der Waals surface area contributed by atoms with Gasteiger partial charge in [0.05, 0.1) is 5.69 Å². The van der Waals surface area contributed by atoms with Crippen LogP contribution in [0.3, 0.4) is 0 Å². The van der Waals surface area contributed by atoms with Gasteiger partial charge in [-0.15, -0.1) is 15.0 Å². The van der Waals surface area contributed by atoms with Gasteiger partial charge in [-0.1, -0.05) is 12.1 Å². The van der Waals surface area contributed by atoms with Gasteiger partial charge in [0.25, 0.3) is 0 Å². The van der Waals surface area contributed by atoms with E-state index in [9.17, 15) is 0 Å². The van der Waals surface area contributed by atoms with Crippen LogP contribution in [0, 0.1) is 19.8 Å². The number of hydrogen-bond acceptors (Lipinski definition) is 4. The average Bonchev–Trinajstić information content (AvgIpc) is 3.04. The fourth-order valence-corrected chi connectivity index (χ4v) is 2.51. The molecule has 3 rings (SSSR count). The molecule has 1 unspecified atom stereocenters. The standard InChI is InChI=1S/C14H19N5/c1-10-3-4-11(2)13(7-10)19-17-14(16-18-19)8-12-5-6-15-9-12/h3-4,7,12,15H,5-6,8-9H2,1-2H3. The maximum absolute atomic E-state index is 4.51. The minimum atomic E-state index is 0.649. The summed E-state index contributed by atoms with van der Waals surface area (Å²) in [6.07, 6.45) is 2.12. The normalized spacial score (nSPS) is 18.9. The topological polar surface area (TPSA) is 55.6 Å². The predicted molar refractivity (Wildman–Crippen MR) is 73.3 cm³/mol. The van der Waals surface area contributed by atoms with Gasteiger partial charge in [0, 0.05) is 6.42 Å². The Morgan fingerprint density at radius 1 is 1.37 bits per heavy atom. The summed E-state index contributed by atoms with van der Waals surface area (Å²) in [5.74, 6) is 1.49. The SMILES string of the molecule is Cc1ccc(C)c(-n2nnc(CC3CCNC3)n2)c1. The molecule has 1 aromatic heterocycles. The second-order valence-electron chi connectivity index (χ2n) is 5.35. The highest BCUT2D eigenvalue weighted by Gasteiger charge is 2.17. The highest BCUT2D eigenvalue weighted by atomic mass is 15.6. The average molecular weight is 257 g/mol. The van der Waals surface area contributed by atoms with Gasteiger partial charge < -0.3 is 5.32 Å². The third-order valence-electron chi connectivity index (χ3n) is 3.67. The Labute approximate surface area is 113 Å². The van der Waals surface area contributed by atoms with Crippen molar-refractivity contribution >= 4 is 0 Å². The summed E-state index contributed by atoms with van der Waals surface area (Å²) < 4.78 is 0. The van der Waals surface area contributed by atoms with E-state index in [-0.39, 0.29) is 0 Å². The Morgan fingerprint density at radius 2 is 2.26 bits per heavy atom. The fraction of sp³-hybridized carbons (Fsp3) is 0.500. The molecule has 0 spiro atoms. The van der Waals surface area contributed by atoms with E-state index in [0.717, 1.165) is 36.6 Å². The number of nitrogens with zero attached hydrogens (tertiary/aromatic N) is 4. The third-order valence-corrected chi connectivity index (χ3v) is 3.67. The molecule has 1 aliphatic heterocycles. The van der Waals surface area contributed by atoms with Crippen molar-refractivity contribution in [3.05, 3.63) is 35.2 Å². The maximum atomic E-state index is 4.51.